The van der Waals surface area contributed by atoms with E-state index in [0.717, 1.165) is 0 Å². The molecule has 0 spiro atoms. The minimum absolute atomic E-state index is 0.283. The third-order valence-electron chi connectivity index (χ3n) is 4.69. The van der Waals surface area contributed by atoms with Gasteiger partial charge in [0, 0.05) is 36.7 Å². The van der Waals surface area contributed by atoms with Crippen LogP contribution in [0.1, 0.15) is 23.2 Å². The van der Waals surface area contributed by atoms with Crippen LogP contribution in [0.5, 0.6) is 0 Å². The fraction of sp³-hybridized carbons (Fsp3) is 0.316. The van der Waals surface area contributed by atoms with Gasteiger partial charge in [0.05, 0.1) is 11.0 Å². The zero-order chi connectivity index (χ0) is 19.3. The fourth-order valence-electron chi connectivity index (χ4n) is 2.93. The van der Waals surface area contributed by atoms with Crippen molar-refractivity contribution in [1.29, 1.82) is 0 Å². The lowest BCUT2D eigenvalue weighted by molar-refractivity contribution is -0.132. The number of hydrogen-bond acceptors (Lipinski definition) is 5. The molecule has 0 saturated carbocycles. The Morgan fingerprint density at radius 1 is 1.22 bits per heavy atom. The quantitative estimate of drug-likeness (QED) is 0.705. The summed E-state index contributed by atoms with van der Waals surface area (Å²) in [4.78, 5) is 28.4. The first-order valence-corrected chi connectivity index (χ1v) is 9.01. The van der Waals surface area contributed by atoms with Crippen LogP contribution in [0.4, 0.5) is 11.5 Å². The van der Waals surface area contributed by atoms with Gasteiger partial charge in [-0.1, -0.05) is 17.7 Å². The molecule has 2 amide bonds. The lowest BCUT2D eigenvalue weighted by Gasteiger charge is -2.34. The molecule has 1 aromatic heterocycles. The Balaban J connectivity index is 1.61. The van der Waals surface area contributed by atoms with Gasteiger partial charge in [-0.25, -0.2) is 4.98 Å². The number of amides is 2. The third-order valence-corrected chi connectivity index (χ3v) is 4.92. The zero-order valence-electron chi connectivity index (χ0n) is 14.7. The number of pyridine rings is 1. The van der Waals surface area contributed by atoms with Crippen molar-refractivity contribution in [2.45, 2.75) is 12.8 Å². The lowest BCUT2D eigenvalue weighted by atomic mass is 9.79. The highest BCUT2D eigenvalue weighted by Crippen LogP contribution is 2.30. The first-order valence-electron chi connectivity index (χ1n) is 8.63. The van der Waals surface area contributed by atoms with Crippen molar-refractivity contribution in [1.82, 2.24) is 4.98 Å². The van der Waals surface area contributed by atoms with Crippen molar-refractivity contribution in [3.8, 4) is 0 Å². The number of nitrogens with zero attached hydrogens (tertiary/aromatic N) is 1. The SMILES string of the molecule is NC(=O)C1(CNc2ccc(C(=O)Nc3cccc(Cl)c3)cn2)CCOCC1. The Kier molecular flexibility index (Phi) is 5.93. The first kappa shape index (κ1) is 19.1. The lowest BCUT2D eigenvalue weighted by Crippen LogP contribution is -2.46. The van der Waals surface area contributed by atoms with Crippen molar-refractivity contribution < 1.29 is 14.3 Å². The molecule has 1 aliphatic heterocycles. The van der Waals surface area contributed by atoms with Crippen molar-refractivity contribution in [3.63, 3.8) is 0 Å². The monoisotopic (exact) mass is 388 g/mol. The molecule has 3 rings (SSSR count). The molecule has 0 radical (unpaired) electrons. The third kappa shape index (κ3) is 4.75. The van der Waals surface area contributed by atoms with Gasteiger partial charge in [0.2, 0.25) is 5.91 Å². The van der Waals surface area contributed by atoms with Crippen molar-refractivity contribution in [3.05, 3.63) is 53.2 Å². The number of aromatic nitrogens is 1. The Hall–Kier alpha value is -2.64. The predicted molar refractivity (Wildman–Crippen MR) is 104 cm³/mol. The Morgan fingerprint density at radius 2 is 2.00 bits per heavy atom. The van der Waals surface area contributed by atoms with Crippen LogP contribution in [0.25, 0.3) is 0 Å². The molecule has 0 aliphatic carbocycles. The van der Waals surface area contributed by atoms with Crippen molar-refractivity contribution in [2.24, 2.45) is 11.1 Å². The number of anilines is 2. The molecular weight excluding hydrogens is 368 g/mol. The maximum Gasteiger partial charge on any atom is 0.257 e. The van der Waals surface area contributed by atoms with Gasteiger partial charge < -0.3 is 21.1 Å². The summed E-state index contributed by atoms with van der Waals surface area (Å²) in [6, 6.07) is 10.3. The molecule has 1 fully saturated rings. The van der Waals surface area contributed by atoms with Crippen LogP contribution >= 0.6 is 11.6 Å². The molecule has 7 nitrogen and oxygen atoms in total. The highest BCUT2D eigenvalue weighted by molar-refractivity contribution is 6.30. The second-order valence-electron chi connectivity index (χ2n) is 6.51. The van der Waals surface area contributed by atoms with Crippen LogP contribution < -0.4 is 16.4 Å². The summed E-state index contributed by atoms with van der Waals surface area (Å²) in [5.74, 6) is -0.0494. The molecule has 142 valence electrons. The van der Waals surface area contributed by atoms with E-state index in [1.54, 1.807) is 36.4 Å². The largest absolute Gasteiger partial charge is 0.381 e. The molecular formula is C19H21ClN4O3. The summed E-state index contributed by atoms with van der Waals surface area (Å²) in [6.07, 6.45) is 2.63. The van der Waals surface area contributed by atoms with Gasteiger partial charge in [-0.3, -0.25) is 9.59 Å². The second kappa shape index (κ2) is 8.37. The summed E-state index contributed by atoms with van der Waals surface area (Å²) in [5, 5.41) is 6.45. The summed E-state index contributed by atoms with van der Waals surface area (Å²) >= 11 is 5.91. The van der Waals surface area contributed by atoms with Crippen LogP contribution in [-0.2, 0) is 9.53 Å². The molecule has 4 N–H and O–H groups in total. The molecule has 0 atom stereocenters. The normalized spacial score (nSPS) is 15.7. The molecule has 2 aromatic rings. The Morgan fingerprint density at radius 3 is 2.63 bits per heavy atom. The zero-order valence-corrected chi connectivity index (χ0v) is 15.5. The average Bonchev–Trinajstić information content (AvgIpc) is 2.67. The molecule has 27 heavy (non-hydrogen) atoms. The number of primary amides is 1. The number of halogens is 1. The number of nitrogens with two attached hydrogens (primary N) is 1. The first-order chi connectivity index (χ1) is 13.0. The number of carbonyl (C=O) groups excluding carboxylic acids is 2. The molecule has 1 aliphatic rings. The van der Waals surface area contributed by atoms with Gasteiger partial charge >= 0.3 is 0 Å². The predicted octanol–water partition coefficient (Wildman–Crippen LogP) is 2.68. The minimum Gasteiger partial charge on any atom is -0.381 e. The number of ether oxygens (including phenoxy) is 1. The Bertz CT molecular complexity index is 820. The van der Waals surface area contributed by atoms with Gasteiger partial charge in [0.25, 0.3) is 5.91 Å². The van der Waals surface area contributed by atoms with E-state index >= 15 is 0 Å². The number of carbonyl (C=O) groups is 2. The van der Waals surface area contributed by atoms with Crippen molar-refractivity contribution >= 4 is 34.9 Å². The minimum atomic E-state index is -0.636. The molecule has 0 bridgehead atoms. The highest BCUT2D eigenvalue weighted by Gasteiger charge is 2.38. The van der Waals surface area contributed by atoms with E-state index in [1.807, 2.05) is 0 Å². The standard InChI is InChI=1S/C19H21ClN4O3/c20-14-2-1-3-15(10-14)24-17(25)13-4-5-16(22-11-13)23-12-19(18(21)26)6-8-27-9-7-19/h1-5,10-11H,6-9,12H2,(H2,21,26)(H,22,23)(H,24,25). The summed E-state index contributed by atoms with van der Waals surface area (Å²) in [7, 11) is 0. The number of rotatable bonds is 6. The maximum absolute atomic E-state index is 12.3. The molecule has 0 unspecified atom stereocenters. The van der Waals surface area contributed by atoms with Gasteiger partial charge in [-0.2, -0.15) is 0 Å². The van der Waals surface area contributed by atoms with Crippen LogP contribution in [0.15, 0.2) is 42.6 Å². The van der Waals surface area contributed by atoms with E-state index < -0.39 is 5.41 Å². The van der Waals surface area contributed by atoms with Crippen LogP contribution in [0.3, 0.4) is 0 Å². The van der Waals surface area contributed by atoms with Crippen LogP contribution in [0.2, 0.25) is 5.02 Å². The van der Waals surface area contributed by atoms with E-state index in [4.69, 9.17) is 22.1 Å². The second-order valence-corrected chi connectivity index (χ2v) is 6.94. The smallest absolute Gasteiger partial charge is 0.257 e. The fourth-order valence-corrected chi connectivity index (χ4v) is 3.12. The molecule has 1 saturated heterocycles. The van der Waals surface area contributed by atoms with Gasteiger partial charge in [0.15, 0.2) is 0 Å². The van der Waals surface area contributed by atoms with Gasteiger partial charge in [0.1, 0.15) is 5.82 Å². The van der Waals surface area contributed by atoms with Gasteiger partial charge in [-0.15, -0.1) is 0 Å². The van der Waals surface area contributed by atoms with Crippen LogP contribution in [0, 0.1) is 5.41 Å². The average molecular weight is 389 g/mol. The summed E-state index contributed by atoms with van der Waals surface area (Å²) < 4.78 is 5.32. The number of hydrogen-bond donors (Lipinski definition) is 3. The molecule has 2 heterocycles. The van der Waals surface area contributed by atoms with E-state index in [0.29, 0.717) is 54.7 Å². The summed E-state index contributed by atoms with van der Waals surface area (Å²) in [5.41, 5.74) is 5.98. The maximum atomic E-state index is 12.3. The molecule has 1 aromatic carbocycles. The van der Waals surface area contributed by atoms with E-state index in [2.05, 4.69) is 15.6 Å². The number of benzene rings is 1. The van der Waals surface area contributed by atoms with E-state index in [1.165, 1.54) is 6.20 Å². The van der Waals surface area contributed by atoms with Gasteiger partial charge in [-0.05, 0) is 43.2 Å². The summed E-state index contributed by atoms with van der Waals surface area (Å²) in [6.45, 7) is 1.41. The van der Waals surface area contributed by atoms with E-state index in [-0.39, 0.29) is 11.8 Å². The Labute approximate surface area is 162 Å². The number of nitrogens with one attached hydrogen (secondary N) is 2. The van der Waals surface area contributed by atoms with Crippen LogP contribution in [-0.4, -0.2) is 36.6 Å². The van der Waals surface area contributed by atoms with Crippen molar-refractivity contribution in [2.75, 3.05) is 30.4 Å². The van der Waals surface area contributed by atoms with E-state index in [9.17, 15) is 9.59 Å². The topological polar surface area (TPSA) is 106 Å². The molecule has 8 heteroatoms. The highest BCUT2D eigenvalue weighted by atomic mass is 35.5.